The zero-order chi connectivity index (χ0) is 26.6. The van der Waals surface area contributed by atoms with E-state index in [0.717, 1.165) is 24.8 Å². The molecule has 2 saturated heterocycles. The summed E-state index contributed by atoms with van der Waals surface area (Å²) in [5, 5.41) is 6.83. The van der Waals surface area contributed by atoms with Gasteiger partial charge in [-0.1, -0.05) is 11.6 Å². The number of hydrogen-bond donors (Lipinski definition) is 2. The van der Waals surface area contributed by atoms with Gasteiger partial charge in [-0.2, -0.15) is 4.98 Å². The highest BCUT2D eigenvalue weighted by molar-refractivity contribution is 6.30. The summed E-state index contributed by atoms with van der Waals surface area (Å²) < 4.78 is 14.3. The van der Waals surface area contributed by atoms with Crippen molar-refractivity contribution in [2.75, 3.05) is 41.7 Å². The standard InChI is InChI=1S/C29H30ClFN8/c30-20-3-8-25(31)24(19-20)28-32-13-9-26(36-28)35-27-10-14-33-29(37-27)34-21-4-6-22(7-5-21)39-17-11-23(12-18-39)38-15-1-2-16-38/h3-10,13-14,19,23H,1-2,11-12,15-18H2,(H2,32,33,34,35,36,37). The van der Waals surface area contributed by atoms with E-state index in [4.69, 9.17) is 11.6 Å². The van der Waals surface area contributed by atoms with Gasteiger partial charge in [-0.25, -0.2) is 19.3 Å². The topological polar surface area (TPSA) is 82.1 Å². The van der Waals surface area contributed by atoms with Gasteiger partial charge in [0.15, 0.2) is 5.82 Å². The minimum absolute atomic E-state index is 0.229. The van der Waals surface area contributed by atoms with E-state index in [-0.39, 0.29) is 11.4 Å². The van der Waals surface area contributed by atoms with Crippen LogP contribution >= 0.6 is 11.6 Å². The molecule has 0 amide bonds. The van der Waals surface area contributed by atoms with E-state index in [1.54, 1.807) is 24.5 Å². The highest BCUT2D eigenvalue weighted by atomic mass is 35.5. The summed E-state index contributed by atoms with van der Waals surface area (Å²) in [7, 11) is 0. The molecule has 0 atom stereocenters. The second kappa shape index (κ2) is 11.5. The van der Waals surface area contributed by atoms with Crippen LogP contribution in [0.2, 0.25) is 5.02 Å². The fraction of sp³-hybridized carbons (Fsp3) is 0.310. The molecular weight excluding hydrogens is 515 g/mol. The zero-order valence-corrected chi connectivity index (χ0v) is 22.3. The lowest BCUT2D eigenvalue weighted by atomic mass is 10.0. The van der Waals surface area contributed by atoms with Gasteiger partial charge in [-0.05, 0) is 93.4 Å². The molecule has 0 unspecified atom stereocenters. The average Bonchev–Trinajstić information content (AvgIpc) is 3.51. The fourth-order valence-electron chi connectivity index (χ4n) is 5.33. The summed E-state index contributed by atoms with van der Waals surface area (Å²) in [5.74, 6) is 1.26. The van der Waals surface area contributed by atoms with Crippen molar-refractivity contribution in [1.29, 1.82) is 0 Å². The minimum Gasteiger partial charge on any atom is -0.371 e. The van der Waals surface area contributed by atoms with Crippen molar-refractivity contribution in [2.45, 2.75) is 31.7 Å². The Morgan fingerprint density at radius 1 is 0.795 bits per heavy atom. The number of halogens is 2. The van der Waals surface area contributed by atoms with Crippen molar-refractivity contribution in [2.24, 2.45) is 0 Å². The number of hydrogen-bond acceptors (Lipinski definition) is 8. The van der Waals surface area contributed by atoms with Crippen LogP contribution in [-0.2, 0) is 0 Å². The fourth-order valence-corrected chi connectivity index (χ4v) is 5.50. The van der Waals surface area contributed by atoms with E-state index >= 15 is 0 Å². The van der Waals surface area contributed by atoms with Crippen LogP contribution in [0.1, 0.15) is 25.7 Å². The maximum atomic E-state index is 14.3. The Morgan fingerprint density at radius 2 is 1.51 bits per heavy atom. The predicted molar refractivity (Wildman–Crippen MR) is 154 cm³/mol. The van der Waals surface area contributed by atoms with Crippen LogP contribution in [0.4, 0.5) is 33.3 Å². The maximum absolute atomic E-state index is 14.3. The van der Waals surface area contributed by atoms with E-state index in [2.05, 4.69) is 64.6 Å². The molecule has 2 aliphatic heterocycles. The quantitative estimate of drug-likeness (QED) is 0.281. The molecule has 200 valence electrons. The Morgan fingerprint density at radius 3 is 2.28 bits per heavy atom. The molecule has 2 aromatic carbocycles. The van der Waals surface area contributed by atoms with Crippen LogP contribution in [0.5, 0.6) is 0 Å². The Balaban J connectivity index is 1.08. The normalized spacial score (nSPS) is 16.4. The first-order valence-electron chi connectivity index (χ1n) is 13.4. The molecule has 4 heterocycles. The lowest BCUT2D eigenvalue weighted by Gasteiger charge is -2.37. The first-order valence-corrected chi connectivity index (χ1v) is 13.7. The first-order chi connectivity index (χ1) is 19.1. The molecule has 0 saturated carbocycles. The molecule has 4 aromatic rings. The van der Waals surface area contributed by atoms with E-state index < -0.39 is 5.82 Å². The molecule has 10 heteroatoms. The molecule has 2 aromatic heterocycles. The van der Waals surface area contributed by atoms with Gasteiger partial charge in [-0.3, -0.25) is 0 Å². The van der Waals surface area contributed by atoms with Gasteiger partial charge in [0.2, 0.25) is 5.95 Å². The Hall–Kier alpha value is -3.82. The highest BCUT2D eigenvalue weighted by Crippen LogP contribution is 2.27. The molecule has 39 heavy (non-hydrogen) atoms. The number of aromatic nitrogens is 4. The van der Waals surface area contributed by atoms with Crippen LogP contribution in [0.15, 0.2) is 67.0 Å². The van der Waals surface area contributed by atoms with Crippen LogP contribution in [0.25, 0.3) is 11.4 Å². The van der Waals surface area contributed by atoms with Crippen molar-refractivity contribution in [3.05, 3.63) is 77.8 Å². The second-order valence-corrected chi connectivity index (χ2v) is 10.3. The summed E-state index contributed by atoms with van der Waals surface area (Å²) >= 11 is 6.03. The van der Waals surface area contributed by atoms with Gasteiger partial charge < -0.3 is 20.4 Å². The van der Waals surface area contributed by atoms with Gasteiger partial charge >= 0.3 is 0 Å². The lowest BCUT2D eigenvalue weighted by Crippen LogP contribution is -2.43. The van der Waals surface area contributed by atoms with Gasteiger partial charge in [0.25, 0.3) is 0 Å². The van der Waals surface area contributed by atoms with Crippen LogP contribution in [-0.4, -0.2) is 57.1 Å². The molecule has 0 spiro atoms. The summed E-state index contributed by atoms with van der Waals surface area (Å²) in [6.07, 6.45) is 8.39. The Bertz CT molecular complexity index is 1420. The van der Waals surface area contributed by atoms with Crippen molar-refractivity contribution < 1.29 is 4.39 Å². The third-order valence-corrected chi connectivity index (χ3v) is 7.58. The van der Waals surface area contributed by atoms with Crippen LogP contribution < -0.4 is 15.5 Å². The summed E-state index contributed by atoms with van der Waals surface area (Å²) in [6.45, 7) is 4.73. The summed E-state index contributed by atoms with van der Waals surface area (Å²) in [4.78, 5) is 22.7. The van der Waals surface area contributed by atoms with Gasteiger partial charge in [-0.15, -0.1) is 0 Å². The number of likely N-dealkylation sites (tertiary alicyclic amines) is 1. The third-order valence-electron chi connectivity index (χ3n) is 7.35. The molecule has 0 aliphatic carbocycles. The van der Waals surface area contributed by atoms with Crippen molar-refractivity contribution in [3.63, 3.8) is 0 Å². The van der Waals surface area contributed by atoms with Crippen LogP contribution in [0.3, 0.4) is 0 Å². The average molecular weight is 545 g/mol. The molecular formula is C29H30ClFN8. The Labute approximate surface area is 232 Å². The van der Waals surface area contributed by atoms with E-state index in [1.165, 1.54) is 62.7 Å². The van der Waals surface area contributed by atoms with E-state index in [0.29, 0.717) is 22.6 Å². The smallest absolute Gasteiger partial charge is 0.229 e. The van der Waals surface area contributed by atoms with Crippen molar-refractivity contribution in [1.82, 2.24) is 24.8 Å². The van der Waals surface area contributed by atoms with Gasteiger partial charge in [0.1, 0.15) is 17.5 Å². The van der Waals surface area contributed by atoms with E-state index in [9.17, 15) is 4.39 Å². The zero-order valence-electron chi connectivity index (χ0n) is 21.5. The minimum atomic E-state index is -0.442. The number of anilines is 5. The molecule has 2 N–H and O–H groups in total. The highest BCUT2D eigenvalue weighted by Gasteiger charge is 2.26. The molecule has 0 bridgehead atoms. The van der Waals surface area contributed by atoms with Gasteiger partial charge in [0, 0.05) is 47.9 Å². The number of nitrogens with zero attached hydrogens (tertiary/aromatic N) is 6. The summed E-state index contributed by atoms with van der Waals surface area (Å²) in [5.41, 5.74) is 2.38. The monoisotopic (exact) mass is 544 g/mol. The molecule has 0 radical (unpaired) electrons. The number of rotatable bonds is 7. The summed E-state index contributed by atoms with van der Waals surface area (Å²) in [6, 6.07) is 16.9. The third kappa shape index (κ3) is 6.10. The van der Waals surface area contributed by atoms with Gasteiger partial charge in [0.05, 0.1) is 5.56 Å². The number of piperidine rings is 1. The number of benzene rings is 2. The second-order valence-electron chi connectivity index (χ2n) is 9.91. The van der Waals surface area contributed by atoms with Crippen molar-refractivity contribution in [3.8, 4) is 11.4 Å². The lowest BCUT2D eigenvalue weighted by molar-refractivity contribution is 0.208. The van der Waals surface area contributed by atoms with Crippen LogP contribution in [0, 0.1) is 5.82 Å². The Kier molecular flexibility index (Phi) is 7.51. The predicted octanol–water partition coefficient (Wildman–Crippen LogP) is 6.28. The molecule has 2 aliphatic rings. The largest absolute Gasteiger partial charge is 0.371 e. The number of nitrogens with one attached hydrogen (secondary N) is 2. The van der Waals surface area contributed by atoms with Crippen molar-refractivity contribution >= 4 is 40.6 Å². The SMILES string of the molecule is Fc1ccc(Cl)cc1-c1nccc(Nc2ccnc(Nc3ccc(N4CCC(N5CCCC5)CC4)cc3)n2)n1. The first kappa shape index (κ1) is 25.5. The maximum Gasteiger partial charge on any atom is 0.229 e. The molecule has 8 nitrogen and oxygen atoms in total. The molecule has 2 fully saturated rings. The van der Waals surface area contributed by atoms with E-state index in [1.807, 2.05) is 0 Å². The molecule has 6 rings (SSSR count).